The third kappa shape index (κ3) is 1.86. The molecule has 2 rings (SSSR count). The van der Waals surface area contributed by atoms with Crippen molar-refractivity contribution in [3.63, 3.8) is 0 Å². The Labute approximate surface area is 79.8 Å². The van der Waals surface area contributed by atoms with Crippen LogP contribution in [0.3, 0.4) is 0 Å². The summed E-state index contributed by atoms with van der Waals surface area (Å²) in [6.07, 6.45) is 0. The van der Waals surface area contributed by atoms with E-state index in [4.69, 9.17) is 0 Å². The molecule has 66 valence electrons. The van der Waals surface area contributed by atoms with Crippen molar-refractivity contribution in [1.29, 1.82) is 0 Å². The first kappa shape index (κ1) is 8.25. The molecule has 4 nitrogen and oxygen atoms in total. The summed E-state index contributed by atoms with van der Waals surface area (Å²) in [6, 6.07) is 9.60. The van der Waals surface area contributed by atoms with Crippen molar-refractivity contribution in [3.05, 3.63) is 30.3 Å². The molecule has 0 unspecified atom stereocenters. The largest absolute Gasteiger partial charge is 0.278 e. The molecule has 0 bridgehead atoms. The minimum absolute atomic E-state index is 0.183. The van der Waals surface area contributed by atoms with Gasteiger partial charge in [0.1, 0.15) is 0 Å². The zero-order valence-electron chi connectivity index (χ0n) is 6.75. The number of amides is 1. The molecule has 0 saturated heterocycles. The molecule has 1 aliphatic rings. The summed E-state index contributed by atoms with van der Waals surface area (Å²) < 4.78 is 1.64. The summed E-state index contributed by atoms with van der Waals surface area (Å²) in [5, 5.41) is 7.23. The average molecular weight is 193 g/mol. The maximum absolute atomic E-state index is 10.7. The molecule has 1 aromatic carbocycles. The maximum atomic E-state index is 10.7. The van der Waals surface area contributed by atoms with Crippen LogP contribution in [0.15, 0.2) is 40.7 Å². The second-order valence-corrected chi connectivity index (χ2v) is 3.36. The number of anilines is 1. The van der Waals surface area contributed by atoms with Crippen LogP contribution in [0.2, 0.25) is 0 Å². The maximum Gasteiger partial charge on any atom is 0.278 e. The van der Waals surface area contributed by atoms with E-state index in [-0.39, 0.29) is 5.91 Å². The molecule has 1 aromatic rings. The van der Waals surface area contributed by atoms with Crippen molar-refractivity contribution in [2.24, 2.45) is 10.3 Å². The molecule has 1 heterocycles. The number of carbonyl (C=O) groups excluding carboxylic acids is 1. The Morgan fingerprint density at radius 2 is 2.08 bits per heavy atom. The minimum Gasteiger partial charge on any atom is -0.270 e. The van der Waals surface area contributed by atoms with Gasteiger partial charge in [-0.1, -0.05) is 28.5 Å². The van der Waals surface area contributed by atoms with Crippen LogP contribution in [0.4, 0.5) is 5.69 Å². The number of para-hydroxylation sites is 1. The molecule has 0 saturated carbocycles. The van der Waals surface area contributed by atoms with Gasteiger partial charge >= 0.3 is 0 Å². The molecule has 0 spiro atoms. The van der Waals surface area contributed by atoms with Crippen molar-refractivity contribution in [3.8, 4) is 0 Å². The summed E-state index contributed by atoms with van der Waals surface area (Å²) >= 11 is 1.35. The standard InChI is InChI=1S/C8H7N3OS/c12-8-6-13-11(10-9-8)7-4-2-1-3-5-7/h1-5H,6H2. The molecular weight excluding hydrogens is 186 g/mol. The van der Waals surface area contributed by atoms with E-state index in [0.29, 0.717) is 5.75 Å². The van der Waals surface area contributed by atoms with Gasteiger partial charge in [0.05, 0.1) is 11.4 Å². The fourth-order valence-corrected chi connectivity index (χ4v) is 1.59. The van der Waals surface area contributed by atoms with Gasteiger partial charge in [0.25, 0.3) is 5.91 Å². The molecule has 13 heavy (non-hydrogen) atoms. The SMILES string of the molecule is O=C1CSN(c2ccccc2)N=N1. The van der Waals surface area contributed by atoms with Crippen LogP contribution in [-0.4, -0.2) is 11.7 Å². The van der Waals surface area contributed by atoms with Gasteiger partial charge in [0.2, 0.25) is 0 Å². The van der Waals surface area contributed by atoms with Crippen LogP contribution in [0.25, 0.3) is 0 Å². The fraction of sp³-hybridized carbons (Fsp3) is 0.125. The predicted octanol–water partition coefficient (Wildman–Crippen LogP) is 2.05. The van der Waals surface area contributed by atoms with Crippen LogP contribution in [0, 0.1) is 0 Å². The first-order valence-electron chi connectivity index (χ1n) is 3.79. The van der Waals surface area contributed by atoms with Gasteiger partial charge < -0.3 is 0 Å². The molecule has 0 aliphatic carbocycles. The zero-order valence-corrected chi connectivity index (χ0v) is 7.57. The molecule has 0 N–H and O–H groups in total. The predicted molar refractivity (Wildman–Crippen MR) is 51.2 cm³/mol. The van der Waals surface area contributed by atoms with Crippen LogP contribution in [0.5, 0.6) is 0 Å². The molecule has 5 heteroatoms. The number of nitrogens with zero attached hydrogens (tertiary/aromatic N) is 3. The molecule has 0 fully saturated rings. The zero-order chi connectivity index (χ0) is 9.10. The third-order valence-electron chi connectivity index (χ3n) is 1.52. The lowest BCUT2D eigenvalue weighted by Gasteiger charge is -2.17. The van der Waals surface area contributed by atoms with E-state index in [1.807, 2.05) is 30.3 Å². The van der Waals surface area contributed by atoms with Gasteiger partial charge in [-0.25, -0.2) is 0 Å². The lowest BCUT2D eigenvalue weighted by molar-refractivity contribution is -0.116. The van der Waals surface area contributed by atoms with Gasteiger partial charge in [-0.15, -0.1) is 0 Å². The Hall–Kier alpha value is -1.36. The normalized spacial score (nSPS) is 16.3. The fourth-order valence-electron chi connectivity index (χ4n) is 0.943. The summed E-state index contributed by atoms with van der Waals surface area (Å²) in [5.74, 6) is 0.176. The van der Waals surface area contributed by atoms with Crippen molar-refractivity contribution in [1.82, 2.24) is 0 Å². The van der Waals surface area contributed by atoms with Crippen LogP contribution < -0.4 is 4.41 Å². The Bertz CT molecular complexity index is 339. The summed E-state index contributed by atoms with van der Waals surface area (Å²) in [6.45, 7) is 0. The van der Waals surface area contributed by atoms with Crippen molar-refractivity contribution in [2.45, 2.75) is 0 Å². The topological polar surface area (TPSA) is 45.0 Å². The highest BCUT2D eigenvalue weighted by atomic mass is 32.2. The number of benzene rings is 1. The lowest BCUT2D eigenvalue weighted by atomic mass is 10.3. The smallest absolute Gasteiger partial charge is 0.270 e. The van der Waals surface area contributed by atoms with Crippen molar-refractivity contribution >= 4 is 23.5 Å². The van der Waals surface area contributed by atoms with Crippen LogP contribution in [-0.2, 0) is 4.79 Å². The highest BCUT2D eigenvalue weighted by Crippen LogP contribution is 2.25. The molecular formula is C8H7N3OS. The Kier molecular flexibility index (Phi) is 2.27. The first-order valence-corrected chi connectivity index (χ1v) is 4.73. The summed E-state index contributed by atoms with van der Waals surface area (Å²) in [4.78, 5) is 10.7. The Balaban J connectivity index is 2.20. The molecule has 1 amide bonds. The number of hydrogen-bond donors (Lipinski definition) is 0. The van der Waals surface area contributed by atoms with Crippen molar-refractivity contribution in [2.75, 3.05) is 10.2 Å². The van der Waals surface area contributed by atoms with E-state index in [1.165, 1.54) is 11.9 Å². The summed E-state index contributed by atoms with van der Waals surface area (Å²) in [5.41, 5.74) is 0.934. The second-order valence-electron chi connectivity index (χ2n) is 2.47. The highest BCUT2D eigenvalue weighted by molar-refractivity contribution is 8.01. The van der Waals surface area contributed by atoms with Crippen LogP contribution >= 0.6 is 11.9 Å². The van der Waals surface area contributed by atoms with Gasteiger partial charge in [-0.3, -0.25) is 4.79 Å². The number of hydrogen-bond acceptors (Lipinski definition) is 4. The second kappa shape index (κ2) is 3.57. The Morgan fingerprint density at radius 3 is 2.69 bits per heavy atom. The van der Waals surface area contributed by atoms with E-state index in [9.17, 15) is 4.79 Å². The number of carbonyl (C=O) groups is 1. The van der Waals surface area contributed by atoms with Gasteiger partial charge in [0.15, 0.2) is 0 Å². The molecule has 0 atom stereocenters. The van der Waals surface area contributed by atoms with E-state index >= 15 is 0 Å². The monoisotopic (exact) mass is 193 g/mol. The lowest BCUT2D eigenvalue weighted by Crippen LogP contribution is -2.14. The first-order chi connectivity index (χ1) is 6.36. The quantitative estimate of drug-likeness (QED) is 0.641. The third-order valence-corrected chi connectivity index (χ3v) is 2.43. The van der Waals surface area contributed by atoms with Gasteiger partial charge in [-0.2, -0.15) is 4.41 Å². The number of rotatable bonds is 1. The molecule has 1 aliphatic heterocycles. The van der Waals surface area contributed by atoms with Crippen molar-refractivity contribution < 1.29 is 4.79 Å². The van der Waals surface area contributed by atoms with Crippen LogP contribution in [0.1, 0.15) is 0 Å². The van der Waals surface area contributed by atoms with E-state index in [0.717, 1.165) is 5.69 Å². The van der Waals surface area contributed by atoms with E-state index in [2.05, 4.69) is 10.3 Å². The molecule has 0 aromatic heterocycles. The van der Waals surface area contributed by atoms with E-state index in [1.54, 1.807) is 4.41 Å². The van der Waals surface area contributed by atoms with E-state index < -0.39 is 0 Å². The minimum atomic E-state index is -0.183. The molecule has 0 radical (unpaired) electrons. The summed E-state index contributed by atoms with van der Waals surface area (Å²) in [7, 11) is 0. The van der Waals surface area contributed by atoms with Gasteiger partial charge in [0, 0.05) is 0 Å². The van der Waals surface area contributed by atoms with Gasteiger partial charge in [-0.05, 0) is 24.1 Å². The average Bonchev–Trinajstić information content (AvgIpc) is 2.20. The highest BCUT2D eigenvalue weighted by Gasteiger charge is 2.14. The Morgan fingerprint density at radius 1 is 1.31 bits per heavy atom.